The Morgan fingerprint density at radius 2 is 2.03 bits per heavy atom. The minimum atomic E-state index is -0.971. The van der Waals surface area contributed by atoms with Crippen molar-refractivity contribution in [3.63, 3.8) is 0 Å². The van der Waals surface area contributed by atoms with Gasteiger partial charge < -0.3 is 25.2 Å². The molecule has 0 spiro atoms. The zero-order valence-electron chi connectivity index (χ0n) is 19.5. The van der Waals surface area contributed by atoms with Crippen molar-refractivity contribution in [2.45, 2.75) is 63.2 Å². The van der Waals surface area contributed by atoms with Gasteiger partial charge in [0.1, 0.15) is 18.0 Å². The second-order valence-electron chi connectivity index (χ2n) is 8.97. The summed E-state index contributed by atoms with van der Waals surface area (Å²) in [5.74, 6) is 0.747. The average Bonchev–Trinajstić information content (AvgIpc) is 3.65. The minimum absolute atomic E-state index is 0.00469. The van der Waals surface area contributed by atoms with Crippen molar-refractivity contribution in [2.24, 2.45) is 5.92 Å². The molecular weight excluding hydrogens is 547 g/mol. The molecule has 186 valence electrons. The Bertz CT molecular complexity index is 886. The van der Waals surface area contributed by atoms with Gasteiger partial charge in [-0.05, 0) is 78.8 Å². The van der Waals surface area contributed by atoms with Gasteiger partial charge in [-0.1, -0.05) is 18.2 Å². The van der Waals surface area contributed by atoms with E-state index in [-0.39, 0.29) is 31.4 Å². The van der Waals surface area contributed by atoms with Gasteiger partial charge in [-0.15, -0.1) is 6.58 Å². The molecule has 2 aliphatic rings. The molecule has 2 aliphatic carbocycles. The van der Waals surface area contributed by atoms with Crippen LogP contribution in [0.3, 0.4) is 0 Å². The van der Waals surface area contributed by atoms with Gasteiger partial charge in [0.15, 0.2) is 0 Å². The fraction of sp³-hybridized carbons (Fsp3) is 0.538. The monoisotopic (exact) mass is 582 g/mol. The number of hydrogen-bond donors (Lipinski definition) is 3. The number of aliphatic hydroxyl groups is 2. The molecule has 0 radical (unpaired) electrons. The van der Waals surface area contributed by atoms with Crippen LogP contribution in [0, 0.1) is 9.49 Å². The largest absolute Gasteiger partial charge is 0.482 e. The first-order valence-corrected chi connectivity index (χ1v) is 13.1. The number of allylic oxidation sites excluding steroid dienone is 1. The molecule has 0 bridgehead atoms. The third kappa shape index (κ3) is 7.55. The number of nitrogens with zero attached hydrogens (tertiary/aromatic N) is 1. The Kier molecular flexibility index (Phi) is 10.4. The summed E-state index contributed by atoms with van der Waals surface area (Å²) in [6, 6.07) is 6.94. The van der Waals surface area contributed by atoms with Crippen LogP contribution in [-0.4, -0.2) is 64.9 Å². The standard InChI is InChI=1S/C26H35IN2O5/c1-2-3-4-5-10-24(31)29(17-18-11-12-18)21-15-19(26(33)28-13-14-30)16-23(25(21)32)34-22-9-7-6-8-20(22)27/h2,6-9,16,18,21,23,25,30,32H,1,3-5,10-15,17H2,(H,28,33). The molecule has 0 heterocycles. The van der Waals surface area contributed by atoms with E-state index >= 15 is 0 Å². The van der Waals surface area contributed by atoms with E-state index in [0.717, 1.165) is 35.7 Å². The Balaban J connectivity index is 1.84. The highest BCUT2D eigenvalue weighted by Crippen LogP contribution is 2.34. The highest BCUT2D eigenvalue weighted by molar-refractivity contribution is 14.1. The molecule has 2 amide bonds. The Hall–Kier alpha value is -1.91. The number of amides is 2. The smallest absolute Gasteiger partial charge is 0.247 e. The Labute approximate surface area is 215 Å². The molecule has 7 nitrogen and oxygen atoms in total. The number of carbonyl (C=O) groups excluding carboxylic acids is 2. The van der Waals surface area contributed by atoms with Gasteiger partial charge in [0.2, 0.25) is 11.8 Å². The van der Waals surface area contributed by atoms with Gasteiger partial charge in [0, 0.05) is 31.5 Å². The summed E-state index contributed by atoms with van der Waals surface area (Å²) in [6.45, 7) is 4.30. The van der Waals surface area contributed by atoms with Crippen molar-refractivity contribution >= 4 is 34.4 Å². The number of nitrogens with one attached hydrogen (secondary N) is 1. The lowest BCUT2D eigenvalue weighted by Gasteiger charge is -2.40. The van der Waals surface area contributed by atoms with Crippen LogP contribution >= 0.6 is 22.6 Å². The molecule has 1 fully saturated rings. The molecule has 1 saturated carbocycles. The van der Waals surface area contributed by atoms with Crippen LogP contribution in [0.2, 0.25) is 0 Å². The van der Waals surface area contributed by atoms with Crippen LogP contribution in [-0.2, 0) is 9.59 Å². The number of para-hydroxylation sites is 1. The van der Waals surface area contributed by atoms with Crippen LogP contribution in [0.4, 0.5) is 0 Å². The predicted molar refractivity (Wildman–Crippen MR) is 139 cm³/mol. The van der Waals surface area contributed by atoms with E-state index in [2.05, 4.69) is 34.5 Å². The molecule has 0 saturated heterocycles. The normalized spacial score (nSPS) is 22.0. The molecule has 8 heteroatoms. The van der Waals surface area contributed by atoms with Crippen molar-refractivity contribution < 1.29 is 24.5 Å². The van der Waals surface area contributed by atoms with Crippen molar-refractivity contribution in [1.29, 1.82) is 0 Å². The Morgan fingerprint density at radius 1 is 1.26 bits per heavy atom. The van der Waals surface area contributed by atoms with Crippen molar-refractivity contribution in [2.75, 3.05) is 19.7 Å². The molecular formula is C26H35IN2O5. The summed E-state index contributed by atoms with van der Waals surface area (Å²) in [5.41, 5.74) is 0.458. The van der Waals surface area contributed by atoms with Gasteiger partial charge in [-0.2, -0.15) is 0 Å². The van der Waals surface area contributed by atoms with Gasteiger partial charge in [-0.25, -0.2) is 0 Å². The minimum Gasteiger partial charge on any atom is -0.482 e. The molecule has 34 heavy (non-hydrogen) atoms. The van der Waals surface area contributed by atoms with E-state index in [4.69, 9.17) is 9.84 Å². The zero-order chi connectivity index (χ0) is 24.5. The first-order valence-electron chi connectivity index (χ1n) is 12.0. The molecule has 1 aromatic rings. The number of aliphatic hydroxyl groups excluding tert-OH is 2. The average molecular weight is 582 g/mol. The van der Waals surface area contributed by atoms with Gasteiger partial charge in [-0.3, -0.25) is 9.59 Å². The van der Waals surface area contributed by atoms with Crippen LogP contribution in [0.5, 0.6) is 5.75 Å². The summed E-state index contributed by atoms with van der Waals surface area (Å²) < 4.78 is 7.06. The lowest BCUT2D eigenvalue weighted by molar-refractivity contribution is -0.139. The quantitative estimate of drug-likeness (QED) is 0.189. The van der Waals surface area contributed by atoms with E-state index in [1.807, 2.05) is 30.3 Å². The highest BCUT2D eigenvalue weighted by atomic mass is 127. The SMILES string of the molecule is C=CCCCCC(=O)N(CC1CC1)C1CC(C(=O)NCCO)=CC(Oc2ccccc2I)C1O. The van der Waals surface area contributed by atoms with E-state index < -0.39 is 18.2 Å². The second-order valence-corrected chi connectivity index (χ2v) is 10.1. The molecule has 1 aromatic carbocycles. The van der Waals surface area contributed by atoms with Crippen LogP contribution < -0.4 is 10.1 Å². The van der Waals surface area contributed by atoms with Crippen LogP contribution in [0.15, 0.2) is 48.6 Å². The third-order valence-corrected chi connectivity index (χ3v) is 7.13. The maximum atomic E-state index is 13.3. The number of hydrogen-bond acceptors (Lipinski definition) is 5. The lowest BCUT2D eigenvalue weighted by Crippen LogP contribution is -2.55. The molecule has 3 rings (SSSR count). The van der Waals surface area contributed by atoms with Gasteiger partial charge >= 0.3 is 0 Å². The molecule has 3 atom stereocenters. The maximum absolute atomic E-state index is 13.3. The van der Waals surface area contributed by atoms with E-state index in [1.54, 1.807) is 11.0 Å². The van der Waals surface area contributed by atoms with Gasteiger partial charge in [0.05, 0.1) is 16.2 Å². The summed E-state index contributed by atoms with van der Waals surface area (Å²) in [4.78, 5) is 27.9. The van der Waals surface area contributed by atoms with Crippen LogP contribution in [0.25, 0.3) is 0 Å². The number of ether oxygens (including phenoxy) is 1. The lowest BCUT2D eigenvalue weighted by atomic mass is 9.87. The highest BCUT2D eigenvalue weighted by Gasteiger charge is 2.42. The fourth-order valence-corrected chi connectivity index (χ4v) is 4.69. The summed E-state index contributed by atoms with van der Waals surface area (Å²) >= 11 is 2.17. The predicted octanol–water partition coefficient (Wildman–Crippen LogP) is 3.19. The van der Waals surface area contributed by atoms with E-state index in [0.29, 0.717) is 30.2 Å². The molecule has 3 unspecified atom stereocenters. The number of carbonyl (C=O) groups is 2. The van der Waals surface area contributed by atoms with Crippen molar-refractivity contribution in [3.8, 4) is 5.75 Å². The number of benzene rings is 1. The maximum Gasteiger partial charge on any atom is 0.247 e. The fourth-order valence-electron chi connectivity index (χ4n) is 4.18. The zero-order valence-corrected chi connectivity index (χ0v) is 21.7. The van der Waals surface area contributed by atoms with Gasteiger partial charge in [0.25, 0.3) is 0 Å². The van der Waals surface area contributed by atoms with Crippen molar-refractivity contribution in [1.82, 2.24) is 10.2 Å². The van der Waals surface area contributed by atoms with Crippen LogP contribution in [0.1, 0.15) is 44.9 Å². The molecule has 0 aliphatic heterocycles. The number of unbranched alkanes of at least 4 members (excludes halogenated alkanes) is 2. The third-order valence-electron chi connectivity index (χ3n) is 6.24. The second kappa shape index (κ2) is 13.3. The topological polar surface area (TPSA) is 99.1 Å². The molecule has 3 N–H and O–H groups in total. The summed E-state index contributed by atoms with van der Waals surface area (Å²) in [5, 5.41) is 23.2. The molecule has 0 aromatic heterocycles. The summed E-state index contributed by atoms with van der Waals surface area (Å²) in [7, 11) is 0. The van der Waals surface area contributed by atoms with E-state index in [1.165, 1.54) is 0 Å². The summed E-state index contributed by atoms with van der Waals surface area (Å²) in [6.07, 6.45) is 7.08. The van der Waals surface area contributed by atoms with Crippen molar-refractivity contribution in [3.05, 3.63) is 52.1 Å². The Morgan fingerprint density at radius 3 is 2.71 bits per heavy atom. The van der Waals surface area contributed by atoms with E-state index in [9.17, 15) is 14.7 Å². The first-order chi connectivity index (χ1) is 16.4. The number of halogens is 1. The number of rotatable bonds is 13. The first kappa shape index (κ1) is 26.7.